The number of amides is 1. The first-order valence-electron chi connectivity index (χ1n) is 5.80. The lowest BCUT2D eigenvalue weighted by atomic mass is 10.1. The number of ether oxygens (including phenoxy) is 1. The summed E-state index contributed by atoms with van der Waals surface area (Å²) in [6, 6.07) is 4.39. The quantitative estimate of drug-likeness (QED) is 0.819. The number of nitrogens with one attached hydrogen (secondary N) is 1. The average molecular weight is 269 g/mol. The molecule has 0 radical (unpaired) electrons. The predicted molar refractivity (Wildman–Crippen MR) is 66.3 cm³/mol. The summed E-state index contributed by atoms with van der Waals surface area (Å²) in [5.74, 6) is -2.16. The van der Waals surface area contributed by atoms with Crippen LogP contribution in [0.3, 0.4) is 0 Å². The summed E-state index contributed by atoms with van der Waals surface area (Å²) in [6.07, 6.45) is 0. The van der Waals surface area contributed by atoms with Gasteiger partial charge in [-0.3, -0.25) is 4.79 Å². The summed E-state index contributed by atoms with van der Waals surface area (Å²) in [6.45, 7) is 3.01. The van der Waals surface area contributed by atoms with E-state index in [1.54, 1.807) is 13.8 Å². The summed E-state index contributed by atoms with van der Waals surface area (Å²) in [5, 5.41) is 11.3. The number of hydrogen-bond acceptors (Lipinski definition) is 3. The molecular formula is C13H16FNO4. The van der Waals surface area contributed by atoms with Gasteiger partial charge in [0.05, 0.1) is 0 Å². The topological polar surface area (TPSA) is 75.6 Å². The third-order valence-corrected chi connectivity index (χ3v) is 2.42. The molecule has 0 spiro atoms. The minimum Gasteiger partial charge on any atom is -0.484 e. The number of hydrogen-bond donors (Lipinski definition) is 2. The first-order chi connectivity index (χ1) is 8.90. The highest BCUT2D eigenvalue weighted by molar-refractivity contribution is 5.84. The zero-order valence-corrected chi connectivity index (χ0v) is 10.7. The van der Waals surface area contributed by atoms with Gasteiger partial charge in [0.15, 0.2) is 6.61 Å². The van der Waals surface area contributed by atoms with Gasteiger partial charge in [0.1, 0.15) is 17.6 Å². The highest BCUT2D eigenvalue weighted by Gasteiger charge is 2.23. The minimum atomic E-state index is -1.10. The fourth-order valence-electron chi connectivity index (χ4n) is 1.43. The zero-order valence-electron chi connectivity index (χ0n) is 10.7. The van der Waals surface area contributed by atoms with E-state index in [9.17, 15) is 14.0 Å². The molecular weight excluding hydrogens is 253 g/mol. The van der Waals surface area contributed by atoms with Gasteiger partial charge in [-0.1, -0.05) is 19.9 Å². The van der Waals surface area contributed by atoms with Crippen LogP contribution in [0, 0.1) is 11.7 Å². The lowest BCUT2D eigenvalue weighted by Gasteiger charge is -2.17. The maximum Gasteiger partial charge on any atom is 0.326 e. The lowest BCUT2D eigenvalue weighted by molar-refractivity contribution is -0.143. The van der Waals surface area contributed by atoms with E-state index < -0.39 is 23.7 Å². The van der Waals surface area contributed by atoms with Crippen molar-refractivity contribution in [3.05, 3.63) is 30.1 Å². The van der Waals surface area contributed by atoms with Gasteiger partial charge in [0.2, 0.25) is 0 Å². The van der Waals surface area contributed by atoms with E-state index >= 15 is 0 Å². The van der Waals surface area contributed by atoms with Crippen LogP contribution in [0.2, 0.25) is 0 Å². The van der Waals surface area contributed by atoms with Crippen molar-refractivity contribution in [1.29, 1.82) is 0 Å². The molecule has 2 N–H and O–H groups in total. The molecule has 19 heavy (non-hydrogen) atoms. The summed E-state index contributed by atoms with van der Waals surface area (Å²) < 4.78 is 17.9. The molecule has 104 valence electrons. The Morgan fingerprint density at radius 3 is 2.63 bits per heavy atom. The highest BCUT2D eigenvalue weighted by atomic mass is 19.1. The average Bonchev–Trinajstić information content (AvgIpc) is 2.32. The highest BCUT2D eigenvalue weighted by Crippen LogP contribution is 2.11. The van der Waals surface area contributed by atoms with Gasteiger partial charge < -0.3 is 15.2 Å². The van der Waals surface area contributed by atoms with Crippen LogP contribution in [0.1, 0.15) is 13.8 Å². The van der Waals surface area contributed by atoms with Gasteiger partial charge in [0, 0.05) is 6.07 Å². The van der Waals surface area contributed by atoms with E-state index in [4.69, 9.17) is 9.84 Å². The maximum absolute atomic E-state index is 12.9. The third-order valence-electron chi connectivity index (χ3n) is 2.42. The summed E-state index contributed by atoms with van der Waals surface area (Å²) in [5.41, 5.74) is 0. The maximum atomic E-state index is 12.9. The molecule has 1 aromatic rings. The van der Waals surface area contributed by atoms with Gasteiger partial charge in [0.25, 0.3) is 5.91 Å². The van der Waals surface area contributed by atoms with Crippen LogP contribution in [-0.2, 0) is 9.59 Å². The van der Waals surface area contributed by atoms with E-state index in [0.717, 1.165) is 6.07 Å². The number of aliphatic carboxylic acids is 1. The SMILES string of the molecule is CC(C)[C@H](NC(=O)COc1cccc(F)c1)C(=O)O. The number of benzene rings is 1. The fraction of sp³-hybridized carbons (Fsp3) is 0.385. The third kappa shape index (κ3) is 4.95. The van der Waals surface area contributed by atoms with Gasteiger partial charge in [-0.25, -0.2) is 9.18 Å². The van der Waals surface area contributed by atoms with E-state index in [-0.39, 0.29) is 18.3 Å². The number of carboxylic acid groups (broad SMARTS) is 1. The second-order valence-corrected chi connectivity index (χ2v) is 4.37. The van der Waals surface area contributed by atoms with Crippen LogP contribution in [0.5, 0.6) is 5.75 Å². The van der Waals surface area contributed by atoms with Gasteiger partial charge in [-0.2, -0.15) is 0 Å². The van der Waals surface area contributed by atoms with Gasteiger partial charge in [-0.05, 0) is 18.1 Å². The van der Waals surface area contributed by atoms with Crippen LogP contribution < -0.4 is 10.1 Å². The van der Waals surface area contributed by atoms with Crippen LogP contribution in [0.25, 0.3) is 0 Å². The smallest absolute Gasteiger partial charge is 0.326 e. The second kappa shape index (κ2) is 6.72. The summed E-state index contributed by atoms with van der Waals surface area (Å²) in [7, 11) is 0. The molecule has 0 saturated carbocycles. The van der Waals surface area contributed by atoms with Crippen LogP contribution in [0.15, 0.2) is 24.3 Å². The molecule has 5 nitrogen and oxygen atoms in total. The Balaban J connectivity index is 2.49. The first kappa shape index (κ1) is 14.9. The zero-order chi connectivity index (χ0) is 14.4. The van der Waals surface area contributed by atoms with Crippen molar-refractivity contribution in [2.24, 2.45) is 5.92 Å². The monoisotopic (exact) mass is 269 g/mol. The molecule has 6 heteroatoms. The number of carboxylic acids is 1. The molecule has 0 unspecified atom stereocenters. The number of halogens is 1. The number of rotatable bonds is 6. The van der Waals surface area contributed by atoms with E-state index in [2.05, 4.69) is 5.32 Å². The molecule has 1 amide bonds. The van der Waals surface area contributed by atoms with Crippen molar-refractivity contribution in [2.75, 3.05) is 6.61 Å². The second-order valence-electron chi connectivity index (χ2n) is 4.37. The Kier molecular flexibility index (Phi) is 5.29. The Morgan fingerprint density at radius 1 is 1.42 bits per heavy atom. The Labute approximate surface area is 110 Å². The van der Waals surface area contributed by atoms with Crippen molar-refractivity contribution in [3.63, 3.8) is 0 Å². The largest absolute Gasteiger partial charge is 0.484 e. The van der Waals surface area contributed by atoms with Crippen LogP contribution in [0.4, 0.5) is 4.39 Å². The molecule has 0 bridgehead atoms. The summed E-state index contributed by atoms with van der Waals surface area (Å²) >= 11 is 0. The van der Waals surface area contributed by atoms with Gasteiger partial charge in [-0.15, -0.1) is 0 Å². The van der Waals surface area contributed by atoms with E-state index in [1.165, 1.54) is 18.2 Å². The van der Waals surface area contributed by atoms with Crippen molar-refractivity contribution < 1.29 is 23.8 Å². The predicted octanol–water partition coefficient (Wildman–Crippen LogP) is 1.43. The van der Waals surface area contributed by atoms with Crippen molar-refractivity contribution in [3.8, 4) is 5.75 Å². The molecule has 1 aromatic carbocycles. The molecule has 0 aliphatic heterocycles. The Morgan fingerprint density at radius 2 is 2.11 bits per heavy atom. The Bertz CT molecular complexity index is 462. The van der Waals surface area contributed by atoms with Crippen LogP contribution in [-0.4, -0.2) is 29.6 Å². The molecule has 0 saturated heterocycles. The van der Waals surface area contributed by atoms with Crippen molar-refractivity contribution in [1.82, 2.24) is 5.32 Å². The van der Waals surface area contributed by atoms with E-state index in [1.807, 2.05) is 0 Å². The molecule has 0 aliphatic carbocycles. The van der Waals surface area contributed by atoms with Crippen molar-refractivity contribution >= 4 is 11.9 Å². The normalized spacial score (nSPS) is 12.0. The lowest BCUT2D eigenvalue weighted by Crippen LogP contribution is -2.46. The number of carbonyl (C=O) groups excluding carboxylic acids is 1. The van der Waals surface area contributed by atoms with Crippen LogP contribution >= 0.6 is 0 Å². The molecule has 0 fully saturated rings. The molecule has 1 rings (SSSR count). The molecule has 0 aromatic heterocycles. The first-order valence-corrected chi connectivity index (χ1v) is 5.80. The Hall–Kier alpha value is -2.11. The van der Waals surface area contributed by atoms with E-state index in [0.29, 0.717) is 0 Å². The molecule has 0 heterocycles. The number of carbonyl (C=O) groups is 2. The minimum absolute atomic E-state index is 0.214. The van der Waals surface area contributed by atoms with Gasteiger partial charge >= 0.3 is 5.97 Å². The van der Waals surface area contributed by atoms with Crippen molar-refractivity contribution in [2.45, 2.75) is 19.9 Å². The molecule has 0 aliphatic rings. The standard InChI is InChI=1S/C13H16FNO4/c1-8(2)12(13(17)18)15-11(16)7-19-10-5-3-4-9(14)6-10/h3-6,8,12H,7H2,1-2H3,(H,15,16)(H,17,18)/t12-/m0/s1. The fourth-order valence-corrected chi connectivity index (χ4v) is 1.43. The summed E-state index contributed by atoms with van der Waals surface area (Å²) in [4.78, 5) is 22.4. The molecule has 1 atom stereocenters.